The first-order valence-electron chi connectivity index (χ1n) is 5.76. The molecule has 3 nitrogen and oxygen atoms in total. The van der Waals surface area contributed by atoms with Crippen molar-refractivity contribution in [3.05, 3.63) is 51.5 Å². The van der Waals surface area contributed by atoms with Crippen molar-refractivity contribution in [3.8, 4) is 5.69 Å². The Hall–Kier alpha value is -1.52. The number of nitrogens with zero attached hydrogens (tertiary/aromatic N) is 2. The zero-order valence-corrected chi connectivity index (χ0v) is 12.5. The number of rotatable bonds is 1. The Morgan fingerprint density at radius 2 is 2.00 bits per heavy atom. The maximum atomic E-state index is 6.08. The smallest absolute Gasteiger partial charge is 0.205 e. The number of benzene rings is 2. The molecule has 0 radical (unpaired) electrons. The van der Waals surface area contributed by atoms with E-state index < -0.39 is 0 Å². The summed E-state index contributed by atoms with van der Waals surface area (Å²) in [6.07, 6.45) is 0. The summed E-state index contributed by atoms with van der Waals surface area (Å²) in [4.78, 5) is 4.38. The van der Waals surface area contributed by atoms with E-state index in [1.165, 1.54) is 0 Å². The highest BCUT2D eigenvalue weighted by molar-refractivity contribution is 9.10. The van der Waals surface area contributed by atoms with E-state index in [0.717, 1.165) is 26.8 Å². The van der Waals surface area contributed by atoms with Crippen molar-refractivity contribution in [3.63, 3.8) is 0 Å². The number of hydrogen-bond donors (Lipinski definition) is 1. The van der Waals surface area contributed by atoms with E-state index in [9.17, 15) is 0 Å². The number of anilines is 1. The fourth-order valence-electron chi connectivity index (χ4n) is 2.14. The predicted molar refractivity (Wildman–Crippen MR) is 82.9 cm³/mol. The number of imidazole rings is 1. The van der Waals surface area contributed by atoms with Gasteiger partial charge in [-0.3, -0.25) is 4.57 Å². The molecular formula is C14H11BrClN3. The summed E-state index contributed by atoms with van der Waals surface area (Å²) in [5, 5.41) is 0.678. The van der Waals surface area contributed by atoms with Gasteiger partial charge in [0.1, 0.15) is 0 Å². The second kappa shape index (κ2) is 4.54. The van der Waals surface area contributed by atoms with Gasteiger partial charge in [-0.15, -0.1) is 0 Å². The lowest BCUT2D eigenvalue weighted by Gasteiger charge is -2.10. The van der Waals surface area contributed by atoms with Crippen molar-refractivity contribution < 1.29 is 0 Å². The average Bonchev–Trinajstić information content (AvgIpc) is 2.68. The summed E-state index contributed by atoms with van der Waals surface area (Å²) in [5.74, 6) is 0.457. The molecule has 0 spiro atoms. The number of nitrogen functional groups attached to an aromatic ring is 1. The molecule has 0 bridgehead atoms. The van der Waals surface area contributed by atoms with E-state index in [0.29, 0.717) is 11.0 Å². The average molecular weight is 337 g/mol. The number of aryl methyl sites for hydroxylation is 1. The van der Waals surface area contributed by atoms with Crippen molar-refractivity contribution in [1.29, 1.82) is 0 Å². The highest BCUT2D eigenvalue weighted by Crippen LogP contribution is 2.28. The van der Waals surface area contributed by atoms with Crippen molar-refractivity contribution in [2.45, 2.75) is 6.92 Å². The molecule has 2 N–H and O–H groups in total. The molecule has 2 aromatic carbocycles. The standard InChI is InChI=1S/C14H11BrClN3/c1-8-2-4-10(16)7-12(8)19-13-6-9(15)3-5-11(13)18-14(19)17/h2-7H,1H3,(H2,17,18). The minimum Gasteiger partial charge on any atom is -0.369 e. The third kappa shape index (κ3) is 2.11. The first kappa shape index (κ1) is 12.5. The van der Waals surface area contributed by atoms with Crippen LogP contribution in [0.2, 0.25) is 5.02 Å². The maximum absolute atomic E-state index is 6.08. The van der Waals surface area contributed by atoms with Gasteiger partial charge in [-0.2, -0.15) is 0 Å². The molecule has 1 heterocycles. The molecule has 0 aliphatic heterocycles. The van der Waals surface area contributed by atoms with E-state index in [2.05, 4.69) is 20.9 Å². The molecule has 0 fully saturated rings. The van der Waals surface area contributed by atoms with E-state index in [4.69, 9.17) is 17.3 Å². The van der Waals surface area contributed by atoms with Crippen molar-refractivity contribution in [2.24, 2.45) is 0 Å². The molecule has 0 amide bonds. The molecule has 0 saturated carbocycles. The zero-order chi connectivity index (χ0) is 13.6. The van der Waals surface area contributed by atoms with Gasteiger partial charge in [0.05, 0.1) is 16.7 Å². The maximum Gasteiger partial charge on any atom is 0.205 e. The number of nitrogens with two attached hydrogens (primary N) is 1. The Kier molecular flexibility index (Phi) is 2.99. The van der Waals surface area contributed by atoms with Gasteiger partial charge in [0.15, 0.2) is 0 Å². The third-order valence-electron chi connectivity index (χ3n) is 3.05. The highest BCUT2D eigenvalue weighted by atomic mass is 79.9. The molecule has 0 aliphatic rings. The molecular weight excluding hydrogens is 326 g/mol. The van der Waals surface area contributed by atoms with Crippen molar-refractivity contribution in [2.75, 3.05) is 5.73 Å². The minimum atomic E-state index is 0.457. The molecule has 0 atom stereocenters. The summed E-state index contributed by atoms with van der Waals surface area (Å²) < 4.78 is 2.90. The zero-order valence-electron chi connectivity index (χ0n) is 10.2. The van der Waals surface area contributed by atoms with Gasteiger partial charge in [-0.1, -0.05) is 33.6 Å². The fraction of sp³-hybridized carbons (Fsp3) is 0.0714. The Labute approximate surface area is 124 Å². The summed E-state index contributed by atoms with van der Waals surface area (Å²) in [6.45, 7) is 2.02. The van der Waals surface area contributed by atoms with Crippen LogP contribution in [0, 0.1) is 6.92 Å². The number of halogens is 2. The monoisotopic (exact) mass is 335 g/mol. The predicted octanol–water partition coefficient (Wildman–Crippen LogP) is 4.33. The van der Waals surface area contributed by atoms with Crippen molar-refractivity contribution >= 4 is 44.5 Å². The van der Waals surface area contributed by atoms with Gasteiger partial charge in [0.25, 0.3) is 0 Å². The number of fused-ring (bicyclic) bond motifs is 1. The van der Waals surface area contributed by atoms with Crippen LogP contribution in [0.25, 0.3) is 16.7 Å². The Morgan fingerprint density at radius 1 is 1.21 bits per heavy atom. The summed E-state index contributed by atoms with van der Waals surface area (Å²) >= 11 is 9.56. The number of hydrogen-bond acceptors (Lipinski definition) is 2. The summed E-state index contributed by atoms with van der Waals surface area (Å²) in [5.41, 5.74) is 9.91. The van der Waals surface area contributed by atoms with Crippen LogP contribution in [0.3, 0.4) is 0 Å². The summed E-state index contributed by atoms with van der Waals surface area (Å²) in [7, 11) is 0. The normalized spacial score (nSPS) is 11.1. The molecule has 3 aromatic rings. The van der Waals surface area contributed by atoms with Gasteiger partial charge >= 0.3 is 0 Å². The molecule has 0 saturated heterocycles. The Balaban J connectivity index is 2.38. The lowest BCUT2D eigenvalue weighted by Crippen LogP contribution is -2.02. The van der Waals surface area contributed by atoms with E-state index in [1.54, 1.807) is 0 Å². The quantitative estimate of drug-likeness (QED) is 0.718. The molecule has 1 aromatic heterocycles. The van der Waals surface area contributed by atoms with Crippen molar-refractivity contribution in [1.82, 2.24) is 9.55 Å². The molecule has 0 aliphatic carbocycles. The first-order chi connectivity index (χ1) is 9.06. The Morgan fingerprint density at radius 3 is 2.79 bits per heavy atom. The van der Waals surface area contributed by atoms with Gasteiger partial charge in [-0.05, 0) is 42.8 Å². The lowest BCUT2D eigenvalue weighted by atomic mass is 10.2. The SMILES string of the molecule is Cc1ccc(Cl)cc1-n1c(N)nc2ccc(Br)cc21. The van der Waals surface area contributed by atoms with Gasteiger partial charge in [-0.25, -0.2) is 4.98 Å². The number of aromatic nitrogens is 2. The van der Waals surface area contributed by atoms with E-state index in [-0.39, 0.29) is 0 Å². The molecule has 5 heteroatoms. The first-order valence-corrected chi connectivity index (χ1v) is 6.93. The van der Waals surface area contributed by atoms with Crippen LogP contribution in [-0.2, 0) is 0 Å². The van der Waals surface area contributed by atoms with Crippen LogP contribution in [-0.4, -0.2) is 9.55 Å². The van der Waals surface area contributed by atoms with Gasteiger partial charge < -0.3 is 5.73 Å². The minimum absolute atomic E-state index is 0.457. The van der Waals surface area contributed by atoms with Crippen LogP contribution >= 0.6 is 27.5 Å². The lowest BCUT2D eigenvalue weighted by molar-refractivity contribution is 1.09. The van der Waals surface area contributed by atoms with Gasteiger partial charge in [0.2, 0.25) is 5.95 Å². The highest BCUT2D eigenvalue weighted by Gasteiger charge is 2.12. The molecule has 96 valence electrons. The molecule has 19 heavy (non-hydrogen) atoms. The van der Waals surface area contributed by atoms with E-state index in [1.807, 2.05) is 47.9 Å². The van der Waals surface area contributed by atoms with Crippen LogP contribution in [0.4, 0.5) is 5.95 Å². The fourth-order valence-corrected chi connectivity index (χ4v) is 2.66. The summed E-state index contributed by atoms with van der Waals surface area (Å²) in [6, 6.07) is 11.6. The van der Waals surface area contributed by atoms with Gasteiger partial charge in [0, 0.05) is 9.50 Å². The molecule has 0 unspecified atom stereocenters. The largest absolute Gasteiger partial charge is 0.369 e. The van der Waals surface area contributed by atoms with Crippen LogP contribution in [0.5, 0.6) is 0 Å². The Bertz CT molecular complexity index is 780. The third-order valence-corrected chi connectivity index (χ3v) is 3.78. The second-order valence-electron chi connectivity index (χ2n) is 4.37. The van der Waals surface area contributed by atoms with Crippen LogP contribution in [0.15, 0.2) is 40.9 Å². The van der Waals surface area contributed by atoms with Crippen LogP contribution in [0.1, 0.15) is 5.56 Å². The van der Waals surface area contributed by atoms with Crippen LogP contribution < -0.4 is 5.73 Å². The molecule has 3 rings (SSSR count). The topological polar surface area (TPSA) is 43.8 Å². The second-order valence-corrected chi connectivity index (χ2v) is 5.72. The van der Waals surface area contributed by atoms with E-state index >= 15 is 0 Å².